The van der Waals surface area contributed by atoms with Crippen molar-refractivity contribution in [3.8, 4) is 0 Å². The van der Waals surface area contributed by atoms with Crippen molar-refractivity contribution in [1.82, 2.24) is 0 Å². The van der Waals surface area contributed by atoms with Crippen LogP contribution >= 0.6 is 11.3 Å². The zero-order chi connectivity index (χ0) is 17.2. The minimum absolute atomic E-state index is 0.0648. The third-order valence-corrected chi connectivity index (χ3v) is 6.14. The van der Waals surface area contributed by atoms with Crippen LogP contribution in [0.25, 0.3) is 0 Å². The van der Waals surface area contributed by atoms with Gasteiger partial charge < -0.3 is 5.32 Å². The number of hydrogen-bond donors (Lipinski definition) is 1. The predicted octanol–water partition coefficient (Wildman–Crippen LogP) is 3.03. The SMILES string of the molecule is CS(=O)(=O)N1CCCc2ccc(NC(=O)CCc3cccs3)cc21. The number of rotatable bonds is 5. The molecule has 1 amide bonds. The first-order chi connectivity index (χ1) is 11.4. The minimum Gasteiger partial charge on any atom is -0.326 e. The Bertz CT molecular complexity index is 830. The van der Waals surface area contributed by atoms with Gasteiger partial charge in [-0.1, -0.05) is 12.1 Å². The molecule has 0 radical (unpaired) electrons. The summed E-state index contributed by atoms with van der Waals surface area (Å²) in [5, 5.41) is 4.87. The number of amides is 1. The first-order valence-electron chi connectivity index (χ1n) is 7.86. The van der Waals surface area contributed by atoms with Crippen LogP contribution in [-0.2, 0) is 27.7 Å². The lowest BCUT2D eigenvalue weighted by molar-refractivity contribution is -0.116. The van der Waals surface area contributed by atoms with Crippen molar-refractivity contribution >= 4 is 38.6 Å². The molecule has 1 aromatic heterocycles. The van der Waals surface area contributed by atoms with Gasteiger partial charge in [-0.25, -0.2) is 8.42 Å². The molecule has 2 heterocycles. The molecule has 128 valence electrons. The number of hydrogen-bond acceptors (Lipinski definition) is 4. The van der Waals surface area contributed by atoms with E-state index in [2.05, 4.69) is 5.32 Å². The third-order valence-electron chi connectivity index (χ3n) is 4.02. The lowest BCUT2D eigenvalue weighted by Crippen LogP contribution is -2.34. The summed E-state index contributed by atoms with van der Waals surface area (Å²) in [6.45, 7) is 0.488. The summed E-state index contributed by atoms with van der Waals surface area (Å²) in [6, 6.07) is 9.50. The highest BCUT2D eigenvalue weighted by atomic mass is 32.2. The Morgan fingerprint density at radius 2 is 2.17 bits per heavy atom. The van der Waals surface area contributed by atoms with E-state index in [0.29, 0.717) is 30.8 Å². The summed E-state index contributed by atoms with van der Waals surface area (Å²) in [5.74, 6) is -0.0648. The molecular weight excluding hydrogens is 344 g/mol. The average Bonchev–Trinajstić information content (AvgIpc) is 3.05. The van der Waals surface area contributed by atoms with Gasteiger partial charge in [-0.05, 0) is 48.4 Å². The van der Waals surface area contributed by atoms with Gasteiger partial charge in [0.2, 0.25) is 15.9 Å². The Balaban J connectivity index is 1.72. The van der Waals surface area contributed by atoms with E-state index >= 15 is 0 Å². The largest absolute Gasteiger partial charge is 0.326 e. The topological polar surface area (TPSA) is 66.5 Å². The van der Waals surface area contributed by atoms with Crippen LogP contribution in [0.1, 0.15) is 23.3 Å². The Hall–Kier alpha value is -1.86. The van der Waals surface area contributed by atoms with Gasteiger partial charge in [-0.2, -0.15) is 0 Å². The van der Waals surface area contributed by atoms with E-state index in [1.54, 1.807) is 17.4 Å². The number of carbonyl (C=O) groups excluding carboxylic acids is 1. The second-order valence-electron chi connectivity index (χ2n) is 5.91. The van der Waals surface area contributed by atoms with E-state index in [9.17, 15) is 13.2 Å². The maximum atomic E-state index is 12.1. The fourth-order valence-electron chi connectivity index (χ4n) is 2.88. The van der Waals surface area contributed by atoms with Crippen LogP contribution < -0.4 is 9.62 Å². The summed E-state index contributed by atoms with van der Waals surface area (Å²) in [4.78, 5) is 13.3. The standard InChI is InChI=1S/C17H20N2O3S2/c1-24(21,22)19-10-2-4-13-6-7-14(12-16(13)19)18-17(20)9-8-15-5-3-11-23-15/h3,5-7,11-12H,2,4,8-10H2,1H3,(H,18,20). The molecule has 1 N–H and O–H groups in total. The predicted molar refractivity (Wildman–Crippen MR) is 98.2 cm³/mol. The first-order valence-corrected chi connectivity index (χ1v) is 10.6. The summed E-state index contributed by atoms with van der Waals surface area (Å²) in [5.41, 5.74) is 2.32. The van der Waals surface area contributed by atoms with Crippen molar-refractivity contribution in [3.05, 3.63) is 46.2 Å². The Morgan fingerprint density at radius 1 is 1.33 bits per heavy atom. The minimum atomic E-state index is -3.30. The average molecular weight is 364 g/mol. The molecule has 0 saturated carbocycles. The molecule has 0 atom stereocenters. The fourth-order valence-corrected chi connectivity index (χ4v) is 4.58. The number of fused-ring (bicyclic) bond motifs is 1. The molecular formula is C17H20N2O3S2. The summed E-state index contributed by atoms with van der Waals surface area (Å²) >= 11 is 1.64. The van der Waals surface area contributed by atoms with Gasteiger partial charge in [0.15, 0.2) is 0 Å². The molecule has 24 heavy (non-hydrogen) atoms. The lowest BCUT2D eigenvalue weighted by atomic mass is 10.0. The van der Waals surface area contributed by atoms with Gasteiger partial charge in [0.05, 0.1) is 11.9 Å². The number of carbonyl (C=O) groups is 1. The van der Waals surface area contributed by atoms with Gasteiger partial charge in [0.1, 0.15) is 0 Å². The normalized spacial score (nSPS) is 14.3. The molecule has 7 heteroatoms. The van der Waals surface area contributed by atoms with E-state index in [0.717, 1.165) is 18.4 Å². The molecule has 1 aliphatic rings. The van der Waals surface area contributed by atoms with Crippen molar-refractivity contribution in [3.63, 3.8) is 0 Å². The molecule has 5 nitrogen and oxygen atoms in total. The number of sulfonamides is 1. The summed E-state index contributed by atoms with van der Waals surface area (Å²) < 4.78 is 25.3. The highest BCUT2D eigenvalue weighted by molar-refractivity contribution is 7.92. The lowest BCUT2D eigenvalue weighted by Gasteiger charge is -2.29. The fraction of sp³-hybridized carbons (Fsp3) is 0.353. The molecule has 0 unspecified atom stereocenters. The van der Waals surface area contributed by atoms with E-state index in [1.807, 2.05) is 29.6 Å². The van der Waals surface area contributed by atoms with Crippen LogP contribution in [0.3, 0.4) is 0 Å². The van der Waals surface area contributed by atoms with Gasteiger partial charge in [0, 0.05) is 23.5 Å². The molecule has 0 aliphatic carbocycles. The molecule has 3 rings (SSSR count). The Labute approximate surface area is 146 Å². The zero-order valence-corrected chi connectivity index (χ0v) is 15.1. The number of aryl methyl sites for hydroxylation is 2. The summed E-state index contributed by atoms with van der Waals surface area (Å²) in [7, 11) is -3.30. The van der Waals surface area contributed by atoms with Crippen LogP contribution in [0.15, 0.2) is 35.7 Å². The molecule has 1 aromatic carbocycles. The molecule has 1 aliphatic heterocycles. The van der Waals surface area contributed by atoms with Crippen LogP contribution in [0, 0.1) is 0 Å². The van der Waals surface area contributed by atoms with Gasteiger partial charge in [-0.15, -0.1) is 11.3 Å². The van der Waals surface area contributed by atoms with E-state index in [1.165, 1.54) is 15.4 Å². The smallest absolute Gasteiger partial charge is 0.232 e. The second kappa shape index (κ2) is 6.94. The number of thiophene rings is 1. The van der Waals surface area contributed by atoms with Crippen molar-refractivity contribution < 1.29 is 13.2 Å². The molecule has 0 saturated heterocycles. The van der Waals surface area contributed by atoms with E-state index in [-0.39, 0.29) is 5.91 Å². The van der Waals surface area contributed by atoms with Gasteiger partial charge in [-0.3, -0.25) is 9.10 Å². The maximum Gasteiger partial charge on any atom is 0.232 e. The van der Waals surface area contributed by atoms with Crippen molar-refractivity contribution in [2.75, 3.05) is 22.4 Å². The molecule has 0 bridgehead atoms. The van der Waals surface area contributed by atoms with Gasteiger partial charge >= 0.3 is 0 Å². The quantitative estimate of drug-likeness (QED) is 0.887. The van der Waals surface area contributed by atoms with E-state index in [4.69, 9.17) is 0 Å². The van der Waals surface area contributed by atoms with Crippen molar-refractivity contribution in [1.29, 1.82) is 0 Å². The van der Waals surface area contributed by atoms with Crippen LogP contribution in [-0.4, -0.2) is 27.1 Å². The second-order valence-corrected chi connectivity index (χ2v) is 8.85. The number of anilines is 2. The molecule has 2 aromatic rings. The van der Waals surface area contributed by atoms with Gasteiger partial charge in [0.25, 0.3) is 0 Å². The Morgan fingerprint density at radius 3 is 2.88 bits per heavy atom. The Kier molecular flexibility index (Phi) is 4.91. The monoisotopic (exact) mass is 364 g/mol. The van der Waals surface area contributed by atoms with Crippen LogP contribution in [0.2, 0.25) is 0 Å². The van der Waals surface area contributed by atoms with Crippen molar-refractivity contribution in [2.45, 2.75) is 25.7 Å². The highest BCUT2D eigenvalue weighted by Gasteiger charge is 2.24. The number of nitrogens with zero attached hydrogens (tertiary/aromatic N) is 1. The zero-order valence-electron chi connectivity index (χ0n) is 13.5. The highest BCUT2D eigenvalue weighted by Crippen LogP contribution is 2.31. The molecule has 0 fully saturated rings. The first kappa shape index (κ1) is 17.0. The summed E-state index contributed by atoms with van der Waals surface area (Å²) in [6.07, 6.45) is 4.01. The number of nitrogens with one attached hydrogen (secondary N) is 1. The van der Waals surface area contributed by atoms with Crippen LogP contribution in [0.4, 0.5) is 11.4 Å². The van der Waals surface area contributed by atoms with E-state index < -0.39 is 10.0 Å². The third kappa shape index (κ3) is 3.96. The molecule has 0 spiro atoms. The van der Waals surface area contributed by atoms with Crippen molar-refractivity contribution in [2.24, 2.45) is 0 Å². The maximum absolute atomic E-state index is 12.1. The van der Waals surface area contributed by atoms with Crippen LogP contribution in [0.5, 0.6) is 0 Å². The number of benzene rings is 1.